The molecule has 2 aromatic rings. The third kappa shape index (κ3) is 3.88. The minimum absolute atomic E-state index is 0.0948. The zero-order valence-corrected chi connectivity index (χ0v) is 15.4. The number of esters is 1. The summed E-state index contributed by atoms with van der Waals surface area (Å²) in [5.74, 6) is -3.41. The van der Waals surface area contributed by atoms with Crippen molar-refractivity contribution < 1.29 is 19.4 Å². The van der Waals surface area contributed by atoms with Crippen LogP contribution in [0, 0.1) is 5.92 Å². The molecule has 0 bridgehead atoms. The minimum atomic E-state index is -1.33. The molecule has 0 heterocycles. The number of hydrogen-bond donors (Lipinski definition) is 2. The number of carboxylic acid groups (broad SMARTS) is 1. The molecule has 2 atom stereocenters. The molecule has 3 rings (SSSR count). The quantitative estimate of drug-likeness (QED) is 0.550. The molecule has 3 N–H and O–H groups in total. The lowest BCUT2D eigenvalue weighted by Crippen LogP contribution is -2.42. The van der Waals surface area contributed by atoms with E-state index in [1.165, 1.54) is 0 Å². The van der Waals surface area contributed by atoms with Gasteiger partial charge >= 0.3 is 11.9 Å². The summed E-state index contributed by atoms with van der Waals surface area (Å²) in [4.78, 5) is 24.0. The minimum Gasteiger partial charge on any atom is -0.481 e. The average molecular weight is 367 g/mol. The van der Waals surface area contributed by atoms with Crippen LogP contribution in [0.4, 0.5) is 0 Å². The van der Waals surface area contributed by atoms with Gasteiger partial charge in [0.15, 0.2) is 5.92 Å². The van der Waals surface area contributed by atoms with Crippen molar-refractivity contribution in [1.82, 2.24) is 0 Å². The van der Waals surface area contributed by atoms with Crippen LogP contribution in [0.15, 0.2) is 48.5 Å². The summed E-state index contributed by atoms with van der Waals surface area (Å²) < 4.78 is 5.46. The third-order valence-corrected chi connectivity index (χ3v) is 5.19. The number of carbonyl (C=O) groups is 2. The van der Waals surface area contributed by atoms with E-state index in [4.69, 9.17) is 10.5 Å². The van der Waals surface area contributed by atoms with Gasteiger partial charge in [0.05, 0.1) is 0 Å². The molecule has 5 nitrogen and oxygen atoms in total. The summed E-state index contributed by atoms with van der Waals surface area (Å²) in [5.41, 5.74) is 10.4. The van der Waals surface area contributed by atoms with Crippen molar-refractivity contribution in [2.45, 2.75) is 38.1 Å². The van der Waals surface area contributed by atoms with E-state index in [2.05, 4.69) is 12.1 Å². The molecule has 1 aliphatic rings. The number of benzene rings is 2. The van der Waals surface area contributed by atoms with E-state index in [1.807, 2.05) is 43.3 Å². The van der Waals surface area contributed by atoms with Gasteiger partial charge in [-0.25, -0.2) is 0 Å². The van der Waals surface area contributed by atoms with Gasteiger partial charge < -0.3 is 15.6 Å². The van der Waals surface area contributed by atoms with Gasteiger partial charge in [0, 0.05) is 12.0 Å². The second-order valence-electron chi connectivity index (χ2n) is 6.98. The van der Waals surface area contributed by atoms with Gasteiger partial charge in [0.2, 0.25) is 0 Å². The van der Waals surface area contributed by atoms with Crippen LogP contribution in [0.1, 0.15) is 43.2 Å². The van der Waals surface area contributed by atoms with Crippen molar-refractivity contribution in [3.8, 4) is 11.1 Å². The first-order valence-corrected chi connectivity index (χ1v) is 9.37. The monoisotopic (exact) mass is 367 g/mol. The number of unbranched alkanes of at least 4 members (excludes halogenated alkanes) is 1. The number of nitrogens with two attached hydrogens (primary N) is 1. The van der Waals surface area contributed by atoms with Gasteiger partial charge in [0.1, 0.15) is 6.61 Å². The van der Waals surface area contributed by atoms with Crippen LogP contribution in [-0.2, 0) is 14.3 Å². The van der Waals surface area contributed by atoms with E-state index < -0.39 is 23.9 Å². The molecule has 0 fully saturated rings. The maximum Gasteiger partial charge on any atom is 0.321 e. The van der Waals surface area contributed by atoms with Crippen LogP contribution in [0.3, 0.4) is 0 Å². The highest BCUT2D eigenvalue weighted by molar-refractivity contribution is 5.95. The Bertz CT molecular complexity index is 787. The summed E-state index contributed by atoms with van der Waals surface area (Å²) in [6, 6.07) is 15.3. The third-order valence-electron chi connectivity index (χ3n) is 5.19. The van der Waals surface area contributed by atoms with Gasteiger partial charge in [-0.15, -0.1) is 0 Å². The van der Waals surface area contributed by atoms with Crippen LogP contribution < -0.4 is 5.73 Å². The van der Waals surface area contributed by atoms with Gasteiger partial charge in [-0.05, 0) is 28.7 Å². The molecule has 0 saturated carbocycles. The normalized spacial score (nSPS) is 14.9. The Morgan fingerprint density at radius 2 is 1.63 bits per heavy atom. The van der Waals surface area contributed by atoms with Gasteiger partial charge in [-0.1, -0.05) is 68.3 Å². The lowest BCUT2D eigenvalue weighted by molar-refractivity contribution is -0.160. The number of rotatable bonds is 8. The van der Waals surface area contributed by atoms with Gasteiger partial charge in [0.25, 0.3) is 0 Å². The molecule has 142 valence electrons. The first kappa shape index (κ1) is 19.1. The first-order valence-electron chi connectivity index (χ1n) is 9.37. The molecular weight excluding hydrogens is 342 g/mol. The summed E-state index contributed by atoms with van der Waals surface area (Å²) in [6.45, 7) is 2.10. The maximum atomic E-state index is 12.5. The number of carbonyl (C=O) groups excluding carboxylic acids is 1. The van der Waals surface area contributed by atoms with E-state index in [0.717, 1.165) is 35.1 Å². The second-order valence-corrected chi connectivity index (χ2v) is 6.98. The molecule has 27 heavy (non-hydrogen) atoms. The van der Waals surface area contributed by atoms with Crippen LogP contribution in [-0.4, -0.2) is 29.7 Å². The van der Waals surface area contributed by atoms with Crippen molar-refractivity contribution in [1.29, 1.82) is 0 Å². The smallest absolute Gasteiger partial charge is 0.321 e. The number of aliphatic carboxylic acids is 1. The Balaban J connectivity index is 1.76. The number of hydrogen-bond acceptors (Lipinski definition) is 4. The largest absolute Gasteiger partial charge is 0.481 e. The highest BCUT2D eigenvalue weighted by Gasteiger charge is 2.35. The first-order chi connectivity index (χ1) is 13.0. The zero-order chi connectivity index (χ0) is 19.4. The Morgan fingerprint density at radius 3 is 2.15 bits per heavy atom. The SMILES string of the molecule is CCCC[C@@H](N)[C@H](C(=O)O)C(=O)OCC1c2ccccc2-c2ccccc21. The van der Waals surface area contributed by atoms with Crippen LogP contribution in [0.5, 0.6) is 0 Å². The summed E-state index contributed by atoms with van der Waals surface area (Å²) in [6.07, 6.45) is 2.16. The lowest BCUT2D eigenvalue weighted by atomic mass is 9.95. The van der Waals surface area contributed by atoms with E-state index >= 15 is 0 Å². The van der Waals surface area contributed by atoms with Gasteiger partial charge in [-0.3, -0.25) is 9.59 Å². The van der Waals surface area contributed by atoms with E-state index in [1.54, 1.807) is 0 Å². The fourth-order valence-electron chi connectivity index (χ4n) is 3.76. The molecule has 0 spiro atoms. The summed E-state index contributed by atoms with van der Waals surface area (Å²) >= 11 is 0. The maximum absolute atomic E-state index is 12.5. The molecule has 0 radical (unpaired) electrons. The molecule has 0 unspecified atom stereocenters. The van der Waals surface area contributed by atoms with Crippen molar-refractivity contribution in [3.05, 3.63) is 59.7 Å². The van der Waals surface area contributed by atoms with Crippen LogP contribution in [0.25, 0.3) is 11.1 Å². The van der Waals surface area contributed by atoms with Crippen molar-refractivity contribution in [2.24, 2.45) is 11.7 Å². The predicted molar refractivity (Wildman–Crippen MR) is 103 cm³/mol. The molecule has 0 amide bonds. The predicted octanol–water partition coefficient (Wildman–Crippen LogP) is 3.56. The number of ether oxygens (including phenoxy) is 1. The Labute approximate surface area is 159 Å². The Kier molecular flexibility index (Phi) is 5.91. The highest BCUT2D eigenvalue weighted by atomic mass is 16.5. The second kappa shape index (κ2) is 8.35. The van der Waals surface area contributed by atoms with E-state index in [-0.39, 0.29) is 12.5 Å². The molecule has 0 aliphatic heterocycles. The van der Waals surface area contributed by atoms with Crippen molar-refractivity contribution in [3.63, 3.8) is 0 Å². The Hall–Kier alpha value is -2.66. The summed E-state index contributed by atoms with van der Waals surface area (Å²) in [5, 5.41) is 9.44. The van der Waals surface area contributed by atoms with E-state index in [9.17, 15) is 14.7 Å². The van der Waals surface area contributed by atoms with Gasteiger partial charge in [-0.2, -0.15) is 0 Å². The number of carboxylic acids is 1. The van der Waals surface area contributed by atoms with Crippen LogP contribution in [0.2, 0.25) is 0 Å². The number of fused-ring (bicyclic) bond motifs is 3. The fourth-order valence-corrected chi connectivity index (χ4v) is 3.76. The molecule has 1 aliphatic carbocycles. The molecule has 2 aromatic carbocycles. The standard InChI is InChI=1S/C22H25NO4/c1-2-3-12-19(23)20(21(24)25)22(26)27-13-18-16-10-6-4-8-14(16)15-9-5-7-11-17(15)18/h4-11,18-20H,2-3,12-13,23H2,1H3,(H,24,25)/t19-,20-/m1/s1. The zero-order valence-electron chi connectivity index (χ0n) is 15.4. The molecular formula is C22H25NO4. The highest BCUT2D eigenvalue weighted by Crippen LogP contribution is 2.44. The summed E-state index contributed by atoms with van der Waals surface area (Å²) in [7, 11) is 0. The van der Waals surface area contributed by atoms with Crippen molar-refractivity contribution >= 4 is 11.9 Å². The molecule has 0 aromatic heterocycles. The molecule has 5 heteroatoms. The average Bonchev–Trinajstić information content (AvgIpc) is 2.98. The van der Waals surface area contributed by atoms with Crippen LogP contribution >= 0.6 is 0 Å². The fraction of sp³-hybridized carbons (Fsp3) is 0.364. The lowest BCUT2D eigenvalue weighted by Gasteiger charge is -2.20. The van der Waals surface area contributed by atoms with Crippen molar-refractivity contribution in [2.75, 3.05) is 6.61 Å². The molecule has 0 saturated heterocycles. The van der Waals surface area contributed by atoms with E-state index in [0.29, 0.717) is 6.42 Å². The topological polar surface area (TPSA) is 89.6 Å². The Morgan fingerprint density at radius 1 is 1.07 bits per heavy atom.